The zero-order valence-corrected chi connectivity index (χ0v) is 8.25. The molecule has 0 aromatic carbocycles. The zero-order chi connectivity index (χ0) is 9.47. The molecule has 1 heterocycles. The van der Waals surface area contributed by atoms with Gasteiger partial charge in [-0.15, -0.1) is 0 Å². The van der Waals surface area contributed by atoms with E-state index in [4.69, 9.17) is 5.73 Å². The Labute approximate surface area is 78.1 Å². The second kappa shape index (κ2) is 2.72. The molecule has 1 fully saturated rings. The first-order valence-electron chi connectivity index (χ1n) is 4.79. The van der Waals surface area contributed by atoms with Gasteiger partial charge in [0.05, 0.1) is 0 Å². The van der Waals surface area contributed by atoms with Crippen LogP contribution in [0.3, 0.4) is 0 Å². The fourth-order valence-electron chi connectivity index (χ4n) is 2.03. The average molecular weight is 180 g/mol. The quantitative estimate of drug-likeness (QED) is 0.707. The summed E-state index contributed by atoms with van der Waals surface area (Å²) in [5, 5.41) is 4.34. The van der Waals surface area contributed by atoms with E-state index < -0.39 is 0 Å². The predicted molar refractivity (Wildman–Crippen MR) is 51.2 cm³/mol. The predicted octanol–water partition coefficient (Wildman–Crippen LogP) is 1.23. The highest BCUT2D eigenvalue weighted by Gasteiger charge is 2.34. The Kier molecular flexibility index (Phi) is 1.78. The number of nitrogens with zero attached hydrogens (tertiary/aromatic N) is 3. The largest absolute Gasteiger partial charge is 0.368 e. The summed E-state index contributed by atoms with van der Waals surface area (Å²) in [6.45, 7) is 2.23. The molecule has 4 heteroatoms. The van der Waals surface area contributed by atoms with Crippen molar-refractivity contribution < 1.29 is 0 Å². The summed E-state index contributed by atoms with van der Waals surface area (Å²) in [6, 6.07) is 0. The normalized spacial score (nSPS) is 20.8. The lowest BCUT2D eigenvalue weighted by molar-refractivity contribution is 0.455. The molecule has 72 valence electrons. The maximum Gasteiger partial charge on any atom is 0.218 e. The third-order valence-corrected chi connectivity index (χ3v) is 3.04. The van der Waals surface area contributed by atoms with E-state index in [9.17, 15) is 0 Å². The molecule has 13 heavy (non-hydrogen) atoms. The van der Waals surface area contributed by atoms with Gasteiger partial charge in [0.1, 0.15) is 0 Å². The van der Waals surface area contributed by atoms with Crippen molar-refractivity contribution in [2.45, 2.75) is 38.0 Å². The monoisotopic (exact) mass is 180 g/mol. The Bertz CT molecular complexity index is 290. The van der Waals surface area contributed by atoms with E-state index in [2.05, 4.69) is 17.0 Å². The summed E-state index contributed by atoms with van der Waals surface area (Å²) in [6.07, 6.45) is 4.95. The number of hydrogen-bond acceptors (Lipinski definition) is 3. The lowest BCUT2D eigenvalue weighted by Gasteiger charge is -2.18. The molecule has 0 bridgehead atoms. The first-order valence-corrected chi connectivity index (χ1v) is 4.79. The van der Waals surface area contributed by atoms with E-state index in [0.29, 0.717) is 5.95 Å². The van der Waals surface area contributed by atoms with Gasteiger partial charge in [0.25, 0.3) is 0 Å². The highest BCUT2D eigenvalue weighted by Crippen LogP contribution is 2.38. The summed E-state index contributed by atoms with van der Waals surface area (Å²) >= 11 is 0. The molecule has 0 unspecified atom stereocenters. The highest BCUT2D eigenvalue weighted by atomic mass is 15.4. The van der Waals surface area contributed by atoms with Crippen molar-refractivity contribution in [2.24, 2.45) is 7.05 Å². The van der Waals surface area contributed by atoms with Crippen LogP contribution in [0.2, 0.25) is 0 Å². The van der Waals surface area contributed by atoms with Crippen molar-refractivity contribution in [3.05, 3.63) is 5.82 Å². The topological polar surface area (TPSA) is 56.7 Å². The molecule has 4 nitrogen and oxygen atoms in total. The van der Waals surface area contributed by atoms with Crippen LogP contribution in [0.25, 0.3) is 0 Å². The van der Waals surface area contributed by atoms with Crippen LogP contribution in [-0.4, -0.2) is 14.8 Å². The van der Waals surface area contributed by atoms with E-state index in [0.717, 1.165) is 5.82 Å². The summed E-state index contributed by atoms with van der Waals surface area (Å²) in [5.41, 5.74) is 5.83. The van der Waals surface area contributed by atoms with Crippen LogP contribution in [0.4, 0.5) is 5.95 Å². The fraction of sp³-hybridized carbons (Fsp3) is 0.778. The number of anilines is 1. The Morgan fingerprint density at radius 2 is 2.00 bits per heavy atom. The van der Waals surface area contributed by atoms with Crippen molar-refractivity contribution in [1.29, 1.82) is 0 Å². The van der Waals surface area contributed by atoms with Crippen molar-refractivity contribution >= 4 is 5.95 Å². The molecule has 0 atom stereocenters. The molecule has 1 aliphatic carbocycles. The minimum Gasteiger partial charge on any atom is -0.368 e. The van der Waals surface area contributed by atoms with Crippen molar-refractivity contribution in [3.63, 3.8) is 0 Å². The van der Waals surface area contributed by atoms with E-state index in [1.807, 2.05) is 7.05 Å². The molecule has 0 aliphatic heterocycles. The van der Waals surface area contributed by atoms with Crippen LogP contribution in [0.1, 0.15) is 38.4 Å². The van der Waals surface area contributed by atoms with Crippen LogP contribution in [0.5, 0.6) is 0 Å². The van der Waals surface area contributed by atoms with E-state index >= 15 is 0 Å². The van der Waals surface area contributed by atoms with Crippen molar-refractivity contribution in [3.8, 4) is 0 Å². The van der Waals surface area contributed by atoms with Gasteiger partial charge in [-0.1, -0.05) is 19.8 Å². The molecule has 1 saturated carbocycles. The van der Waals surface area contributed by atoms with Gasteiger partial charge in [-0.3, -0.25) is 0 Å². The number of hydrogen-bond donors (Lipinski definition) is 1. The number of rotatable bonds is 1. The van der Waals surface area contributed by atoms with Gasteiger partial charge in [0.15, 0.2) is 5.82 Å². The molecule has 2 rings (SSSR count). The molecule has 0 saturated heterocycles. The van der Waals surface area contributed by atoms with Gasteiger partial charge >= 0.3 is 0 Å². The average Bonchev–Trinajstić information content (AvgIpc) is 2.62. The standard InChI is InChI=1S/C9H16N4/c1-9(5-3-4-6-9)7-11-8(10)13(2)12-7/h3-6H2,1-2H3,(H2,10,11,12). The SMILES string of the molecule is Cn1nc(C2(C)CCCC2)nc1N. The van der Waals surface area contributed by atoms with Gasteiger partial charge in [-0.2, -0.15) is 10.1 Å². The Morgan fingerprint density at radius 1 is 1.38 bits per heavy atom. The fourth-order valence-corrected chi connectivity index (χ4v) is 2.03. The number of nitrogens with two attached hydrogens (primary N) is 1. The van der Waals surface area contributed by atoms with Crippen LogP contribution in [0, 0.1) is 0 Å². The van der Waals surface area contributed by atoms with Gasteiger partial charge in [0, 0.05) is 12.5 Å². The lowest BCUT2D eigenvalue weighted by atomic mass is 9.88. The van der Waals surface area contributed by atoms with Crippen LogP contribution in [-0.2, 0) is 12.5 Å². The highest BCUT2D eigenvalue weighted by molar-refractivity contribution is 5.20. The minimum absolute atomic E-state index is 0.176. The first-order chi connectivity index (χ1) is 6.12. The van der Waals surface area contributed by atoms with Crippen LogP contribution < -0.4 is 5.73 Å². The maximum atomic E-state index is 5.66. The second-order valence-electron chi connectivity index (χ2n) is 4.18. The molecular formula is C9H16N4. The summed E-state index contributed by atoms with van der Waals surface area (Å²) < 4.78 is 1.65. The summed E-state index contributed by atoms with van der Waals surface area (Å²) in [4.78, 5) is 4.29. The Balaban J connectivity index is 2.34. The molecule has 2 N–H and O–H groups in total. The third-order valence-electron chi connectivity index (χ3n) is 3.04. The van der Waals surface area contributed by atoms with Crippen molar-refractivity contribution in [1.82, 2.24) is 14.8 Å². The van der Waals surface area contributed by atoms with E-state index in [-0.39, 0.29) is 5.41 Å². The maximum absolute atomic E-state index is 5.66. The third kappa shape index (κ3) is 1.30. The molecule has 1 aromatic heterocycles. The number of nitrogen functional groups attached to an aromatic ring is 1. The second-order valence-corrected chi connectivity index (χ2v) is 4.18. The van der Waals surface area contributed by atoms with Crippen LogP contribution >= 0.6 is 0 Å². The van der Waals surface area contributed by atoms with Crippen LogP contribution in [0.15, 0.2) is 0 Å². The van der Waals surface area contributed by atoms with E-state index in [1.165, 1.54) is 25.7 Å². The first kappa shape index (κ1) is 8.53. The Hall–Kier alpha value is -1.06. The summed E-state index contributed by atoms with van der Waals surface area (Å²) in [5.74, 6) is 1.44. The molecule has 0 radical (unpaired) electrons. The van der Waals surface area contributed by atoms with Gasteiger partial charge in [-0.05, 0) is 12.8 Å². The summed E-state index contributed by atoms with van der Waals surface area (Å²) in [7, 11) is 1.84. The number of aromatic nitrogens is 3. The number of aryl methyl sites for hydroxylation is 1. The van der Waals surface area contributed by atoms with Gasteiger partial charge in [-0.25, -0.2) is 4.68 Å². The molecule has 1 aliphatic rings. The molecule has 1 aromatic rings. The lowest BCUT2D eigenvalue weighted by Crippen LogP contribution is -2.19. The molecule has 0 spiro atoms. The van der Waals surface area contributed by atoms with E-state index in [1.54, 1.807) is 4.68 Å². The van der Waals surface area contributed by atoms with Gasteiger partial charge in [0.2, 0.25) is 5.95 Å². The Morgan fingerprint density at radius 3 is 2.46 bits per heavy atom. The molecular weight excluding hydrogens is 164 g/mol. The zero-order valence-electron chi connectivity index (χ0n) is 8.25. The molecule has 0 amide bonds. The van der Waals surface area contributed by atoms with Crippen molar-refractivity contribution in [2.75, 3.05) is 5.73 Å². The minimum atomic E-state index is 0.176. The smallest absolute Gasteiger partial charge is 0.218 e. The van der Waals surface area contributed by atoms with Gasteiger partial charge < -0.3 is 5.73 Å².